The molecule has 134 valence electrons. The van der Waals surface area contributed by atoms with Crippen LogP contribution in [0.4, 0.5) is 0 Å². The molecule has 0 spiro atoms. The van der Waals surface area contributed by atoms with Gasteiger partial charge in [-0.15, -0.1) is 0 Å². The van der Waals surface area contributed by atoms with Crippen LogP contribution in [0, 0.1) is 6.92 Å². The third kappa shape index (κ3) is 2.53. The van der Waals surface area contributed by atoms with Crippen LogP contribution in [0.25, 0.3) is 16.2 Å². The van der Waals surface area contributed by atoms with Crippen molar-refractivity contribution in [2.45, 2.75) is 26.9 Å². The molecule has 4 rings (SSSR count). The first kappa shape index (κ1) is 16.6. The van der Waals surface area contributed by atoms with Crippen LogP contribution in [0.2, 0.25) is 0 Å². The van der Waals surface area contributed by atoms with Crippen molar-refractivity contribution in [2.75, 3.05) is 6.79 Å². The second kappa shape index (κ2) is 6.14. The maximum atomic E-state index is 12.3. The molecular formula is C18H16N2O5S. The van der Waals surface area contributed by atoms with Gasteiger partial charge >= 0.3 is 5.97 Å². The molecule has 7 nitrogen and oxygen atoms in total. The third-order valence-electron chi connectivity index (χ3n) is 4.03. The molecule has 3 heterocycles. The topological polar surface area (TPSA) is 79.1 Å². The smallest absolute Gasteiger partial charge is 0.350 e. The third-order valence-corrected chi connectivity index (χ3v) is 5.15. The maximum absolute atomic E-state index is 12.3. The fourth-order valence-electron chi connectivity index (χ4n) is 2.89. The van der Waals surface area contributed by atoms with E-state index in [4.69, 9.17) is 14.2 Å². The molecule has 0 saturated heterocycles. The number of rotatable bonds is 4. The highest BCUT2D eigenvalue weighted by molar-refractivity contribution is 7.19. The van der Waals surface area contributed by atoms with Crippen LogP contribution in [0.5, 0.6) is 11.5 Å². The van der Waals surface area contributed by atoms with E-state index in [1.165, 1.54) is 11.3 Å². The molecular weight excluding hydrogens is 356 g/mol. The monoisotopic (exact) mass is 372 g/mol. The van der Waals surface area contributed by atoms with Crippen LogP contribution in [-0.2, 0) is 4.74 Å². The second-order valence-electron chi connectivity index (χ2n) is 6.12. The molecule has 0 bridgehead atoms. The number of hydrogen-bond donors (Lipinski definition) is 0. The minimum atomic E-state index is -0.408. The summed E-state index contributed by atoms with van der Waals surface area (Å²) in [5.41, 5.74) is 2.31. The minimum absolute atomic E-state index is 0.179. The molecule has 0 radical (unpaired) electrons. The highest BCUT2D eigenvalue weighted by Gasteiger charge is 2.25. The Labute approximate surface area is 153 Å². The number of thiazole rings is 1. The lowest BCUT2D eigenvalue weighted by Gasteiger charge is -2.07. The van der Waals surface area contributed by atoms with Crippen molar-refractivity contribution in [3.63, 3.8) is 0 Å². The van der Waals surface area contributed by atoms with Crippen molar-refractivity contribution in [3.05, 3.63) is 34.5 Å². The lowest BCUT2D eigenvalue weighted by atomic mass is 10.1. The Morgan fingerprint density at radius 1 is 1.35 bits per heavy atom. The molecule has 26 heavy (non-hydrogen) atoms. The molecule has 1 aliphatic heterocycles. The van der Waals surface area contributed by atoms with E-state index < -0.39 is 5.97 Å². The number of benzene rings is 1. The van der Waals surface area contributed by atoms with Gasteiger partial charge in [0.2, 0.25) is 6.79 Å². The average molecular weight is 372 g/mol. The van der Waals surface area contributed by atoms with E-state index in [9.17, 15) is 9.59 Å². The fourth-order valence-corrected chi connectivity index (χ4v) is 3.91. The number of aryl methyl sites for hydroxylation is 1. The Balaban J connectivity index is 1.83. The zero-order valence-electron chi connectivity index (χ0n) is 14.4. The number of nitrogens with zero attached hydrogens (tertiary/aromatic N) is 2. The largest absolute Gasteiger partial charge is 0.459 e. The van der Waals surface area contributed by atoms with Gasteiger partial charge in [0, 0.05) is 11.3 Å². The molecule has 1 aromatic carbocycles. The van der Waals surface area contributed by atoms with E-state index >= 15 is 0 Å². The Bertz CT molecular complexity index is 1030. The molecule has 0 N–H and O–H groups in total. The van der Waals surface area contributed by atoms with Gasteiger partial charge < -0.3 is 14.2 Å². The lowest BCUT2D eigenvalue weighted by Crippen LogP contribution is -2.11. The van der Waals surface area contributed by atoms with Crippen molar-refractivity contribution < 1.29 is 23.8 Å². The zero-order chi connectivity index (χ0) is 18.4. The van der Waals surface area contributed by atoms with Crippen molar-refractivity contribution in [1.29, 1.82) is 0 Å². The summed E-state index contributed by atoms with van der Waals surface area (Å²) in [4.78, 5) is 29.6. The summed E-state index contributed by atoms with van der Waals surface area (Å²) in [6.07, 6.45) is 0.531. The number of hydrogen-bond acceptors (Lipinski definition) is 7. The standard InChI is InChI=1S/C18H16N2O5S/c1-9(2)25-17(22)16-10(3)20-12(7-21)15(19-18(20)26-16)11-4-5-13-14(6-11)24-8-23-13/h4-7,9H,8H2,1-3H3. The highest BCUT2D eigenvalue weighted by atomic mass is 32.1. The fraction of sp³-hybridized carbons (Fsp3) is 0.278. The zero-order valence-corrected chi connectivity index (χ0v) is 15.3. The van der Waals surface area contributed by atoms with E-state index in [1.54, 1.807) is 37.3 Å². The Morgan fingerprint density at radius 3 is 2.85 bits per heavy atom. The van der Waals surface area contributed by atoms with Gasteiger partial charge in [0.15, 0.2) is 22.7 Å². The first-order valence-electron chi connectivity index (χ1n) is 8.07. The van der Waals surface area contributed by atoms with Crippen molar-refractivity contribution in [1.82, 2.24) is 9.38 Å². The molecule has 0 fully saturated rings. The van der Waals surface area contributed by atoms with Crippen LogP contribution in [0.15, 0.2) is 18.2 Å². The summed E-state index contributed by atoms with van der Waals surface area (Å²) >= 11 is 1.21. The first-order valence-corrected chi connectivity index (χ1v) is 8.89. The Kier molecular flexibility index (Phi) is 3.91. The first-order chi connectivity index (χ1) is 12.5. The van der Waals surface area contributed by atoms with Gasteiger partial charge in [-0.2, -0.15) is 0 Å². The molecule has 8 heteroatoms. The normalized spacial score (nSPS) is 12.8. The molecule has 3 aromatic rings. The van der Waals surface area contributed by atoms with Gasteiger partial charge in [0.1, 0.15) is 16.3 Å². The number of carbonyl (C=O) groups excluding carboxylic acids is 2. The van der Waals surface area contributed by atoms with E-state index in [-0.39, 0.29) is 12.9 Å². The summed E-state index contributed by atoms with van der Waals surface area (Å²) in [5.74, 6) is 0.875. The van der Waals surface area contributed by atoms with Crippen molar-refractivity contribution in [3.8, 4) is 22.8 Å². The van der Waals surface area contributed by atoms with E-state index in [1.807, 2.05) is 6.07 Å². The maximum Gasteiger partial charge on any atom is 0.350 e. The average Bonchev–Trinajstić information content (AvgIpc) is 3.27. The minimum Gasteiger partial charge on any atom is -0.459 e. The molecule has 0 unspecified atom stereocenters. The predicted molar refractivity (Wildman–Crippen MR) is 95.3 cm³/mol. The molecule has 0 aliphatic carbocycles. The predicted octanol–water partition coefficient (Wildman–Crippen LogP) is 3.48. The quantitative estimate of drug-likeness (QED) is 0.515. The molecule has 0 atom stereocenters. The van der Waals surface area contributed by atoms with Crippen LogP contribution in [-0.4, -0.2) is 34.5 Å². The van der Waals surface area contributed by atoms with E-state index in [2.05, 4.69) is 4.98 Å². The second-order valence-corrected chi connectivity index (χ2v) is 7.10. The van der Waals surface area contributed by atoms with Gasteiger partial charge in [-0.3, -0.25) is 9.20 Å². The summed E-state index contributed by atoms with van der Waals surface area (Å²) in [5, 5.41) is 0. The Morgan fingerprint density at radius 2 is 2.12 bits per heavy atom. The van der Waals surface area contributed by atoms with Crippen LogP contribution >= 0.6 is 11.3 Å². The summed E-state index contributed by atoms with van der Waals surface area (Å²) in [6.45, 7) is 5.54. The summed E-state index contributed by atoms with van der Waals surface area (Å²) in [7, 11) is 0. The SMILES string of the molecule is Cc1c(C(=O)OC(C)C)sc2nc(-c3ccc4c(c3)OCO4)c(C=O)n12. The van der Waals surface area contributed by atoms with Gasteiger partial charge in [0.25, 0.3) is 0 Å². The number of imidazole rings is 1. The van der Waals surface area contributed by atoms with Crippen LogP contribution < -0.4 is 9.47 Å². The molecule has 0 amide bonds. The number of fused-ring (bicyclic) bond motifs is 2. The summed E-state index contributed by atoms with van der Waals surface area (Å²) in [6, 6.07) is 5.42. The Hall–Kier alpha value is -2.87. The lowest BCUT2D eigenvalue weighted by molar-refractivity contribution is 0.0382. The number of esters is 1. The van der Waals surface area contributed by atoms with Gasteiger partial charge in [-0.25, -0.2) is 9.78 Å². The van der Waals surface area contributed by atoms with E-state index in [0.717, 1.165) is 11.8 Å². The van der Waals surface area contributed by atoms with Gasteiger partial charge in [-0.1, -0.05) is 11.3 Å². The van der Waals surface area contributed by atoms with Crippen LogP contribution in [0.1, 0.15) is 39.7 Å². The molecule has 2 aromatic heterocycles. The van der Waals surface area contributed by atoms with Crippen molar-refractivity contribution >= 4 is 28.6 Å². The number of ether oxygens (including phenoxy) is 3. The number of carbonyl (C=O) groups is 2. The summed E-state index contributed by atoms with van der Waals surface area (Å²) < 4.78 is 17.7. The molecule has 0 saturated carbocycles. The van der Waals surface area contributed by atoms with E-state index in [0.29, 0.717) is 38.4 Å². The number of aromatic nitrogens is 2. The van der Waals surface area contributed by atoms with Gasteiger partial charge in [0.05, 0.1) is 6.10 Å². The van der Waals surface area contributed by atoms with Crippen molar-refractivity contribution in [2.24, 2.45) is 0 Å². The number of aldehydes is 1. The molecule has 1 aliphatic rings. The van der Waals surface area contributed by atoms with Gasteiger partial charge in [-0.05, 0) is 39.0 Å². The highest BCUT2D eigenvalue weighted by Crippen LogP contribution is 2.37. The van der Waals surface area contributed by atoms with Crippen LogP contribution in [0.3, 0.4) is 0 Å².